The Hall–Kier alpha value is -0.230. The minimum Gasteiger partial charge on any atom is -0.357 e. The van der Waals surface area contributed by atoms with Crippen LogP contribution in [0.1, 0.15) is 41.5 Å². The number of guanidine groups is 1. The number of hydrogen-bond donors (Lipinski definition) is 1. The van der Waals surface area contributed by atoms with Crippen LogP contribution in [0.2, 0.25) is 0 Å². The Morgan fingerprint density at radius 2 is 2.14 bits per heavy atom. The van der Waals surface area contributed by atoms with Gasteiger partial charge in [0.25, 0.3) is 0 Å². The smallest absolute Gasteiger partial charge is 0.194 e. The minimum atomic E-state index is -0.834. The van der Waals surface area contributed by atoms with E-state index >= 15 is 0 Å². The summed E-state index contributed by atoms with van der Waals surface area (Å²) in [5, 5.41) is 4.06. The van der Waals surface area contributed by atoms with E-state index in [0.717, 1.165) is 31.3 Å². The zero-order chi connectivity index (χ0) is 16.8. The first kappa shape index (κ1) is 19.8. The maximum Gasteiger partial charge on any atom is 0.194 e. The first-order valence-electron chi connectivity index (χ1n) is 8.29. The van der Waals surface area contributed by atoms with E-state index in [9.17, 15) is 4.21 Å². The van der Waals surface area contributed by atoms with E-state index in [1.807, 2.05) is 20.8 Å². The molecular formula is C16H33N3OS2. The zero-order valence-corrected chi connectivity index (χ0v) is 16.6. The topological polar surface area (TPSA) is 44.7 Å². The second kappa shape index (κ2) is 9.16. The molecule has 4 nitrogen and oxygen atoms in total. The molecule has 0 aromatic heterocycles. The highest BCUT2D eigenvalue weighted by atomic mass is 32.2. The zero-order valence-electron chi connectivity index (χ0n) is 15.0. The van der Waals surface area contributed by atoms with E-state index in [1.165, 1.54) is 0 Å². The molecule has 0 radical (unpaired) electrons. The van der Waals surface area contributed by atoms with Crippen LogP contribution in [-0.4, -0.2) is 62.8 Å². The van der Waals surface area contributed by atoms with Crippen LogP contribution in [0.25, 0.3) is 0 Å². The van der Waals surface area contributed by atoms with Crippen molar-refractivity contribution in [3.63, 3.8) is 0 Å². The lowest BCUT2D eigenvalue weighted by Gasteiger charge is -2.36. The van der Waals surface area contributed by atoms with Gasteiger partial charge in [-0.3, -0.25) is 9.20 Å². The summed E-state index contributed by atoms with van der Waals surface area (Å²) in [4.78, 5) is 7.08. The Morgan fingerprint density at radius 3 is 2.68 bits per heavy atom. The van der Waals surface area contributed by atoms with Gasteiger partial charge in [-0.2, -0.15) is 11.8 Å². The van der Waals surface area contributed by atoms with Crippen molar-refractivity contribution in [1.29, 1.82) is 0 Å². The van der Waals surface area contributed by atoms with E-state index in [4.69, 9.17) is 4.99 Å². The standard InChI is InChI=1S/C16H33N3OS2/c1-7-17-15(18-8-11-22(20)16(4,5)6)19-9-10-21-14(12-19)13(2)3/h13-14H,7-12H2,1-6H3,(H,17,18). The van der Waals surface area contributed by atoms with E-state index in [0.29, 0.717) is 23.5 Å². The Labute approximate surface area is 143 Å². The van der Waals surface area contributed by atoms with Crippen molar-refractivity contribution in [2.45, 2.75) is 51.5 Å². The Balaban J connectivity index is 2.63. The summed E-state index contributed by atoms with van der Waals surface area (Å²) in [5.74, 6) is 3.46. The number of aliphatic imine (C=N–C) groups is 1. The molecule has 1 rings (SSSR count). The molecule has 0 amide bonds. The molecule has 0 spiro atoms. The van der Waals surface area contributed by atoms with Crippen molar-refractivity contribution >= 4 is 28.5 Å². The molecule has 6 heteroatoms. The third-order valence-corrected chi connectivity index (χ3v) is 7.15. The molecule has 0 aliphatic carbocycles. The SMILES string of the molecule is CCNC(=NCCS(=O)C(C)(C)C)N1CCSC(C(C)C)C1. The van der Waals surface area contributed by atoms with Crippen LogP contribution < -0.4 is 5.32 Å². The Bertz CT molecular complexity index is 391. The number of thioether (sulfide) groups is 1. The molecule has 0 aromatic rings. The van der Waals surface area contributed by atoms with Crippen LogP contribution in [0, 0.1) is 5.92 Å². The van der Waals surface area contributed by atoms with Gasteiger partial charge in [0.05, 0.1) is 6.54 Å². The largest absolute Gasteiger partial charge is 0.357 e. The number of nitrogens with zero attached hydrogens (tertiary/aromatic N) is 2. The fourth-order valence-corrected chi connectivity index (χ4v) is 4.41. The first-order valence-corrected chi connectivity index (χ1v) is 10.7. The summed E-state index contributed by atoms with van der Waals surface area (Å²) < 4.78 is 12.0. The summed E-state index contributed by atoms with van der Waals surface area (Å²) in [5.41, 5.74) is 0. The van der Waals surface area contributed by atoms with Gasteiger partial charge in [0.1, 0.15) is 0 Å². The quantitative estimate of drug-likeness (QED) is 0.613. The van der Waals surface area contributed by atoms with E-state index in [1.54, 1.807) is 0 Å². The van der Waals surface area contributed by atoms with Gasteiger partial charge >= 0.3 is 0 Å². The molecule has 22 heavy (non-hydrogen) atoms. The maximum atomic E-state index is 12.1. The van der Waals surface area contributed by atoms with Gasteiger partial charge in [-0.15, -0.1) is 0 Å². The molecule has 1 aliphatic rings. The van der Waals surface area contributed by atoms with Crippen molar-refractivity contribution in [3.05, 3.63) is 0 Å². The summed E-state index contributed by atoms with van der Waals surface area (Å²) in [6.45, 7) is 16.3. The Kier molecular flexibility index (Phi) is 8.25. The van der Waals surface area contributed by atoms with Crippen LogP contribution in [-0.2, 0) is 10.8 Å². The van der Waals surface area contributed by atoms with Crippen molar-refractivity contribution in [1.82, 2.24) is 10.2 Å². The van der Waals surface area contributed by atoms with Crippen molar-refractivity contribution in [2.24, 2.45) is 10.9 Å². The molecule has 2 atom stereocenters. The molecular weight excluding hydrogens is 314 g/mol. The number of rotatable bonds is 5. The van der Waals surface area contributed by atoms with Crippen molar-refractivity contribution in [3.8, 4) is 0 Å². The van der Waals surface area contributed by atoms with Crippen LogP contribution in [0.4, 0.5) is 0 Å². The lowest BCUT2D eigenvalue weighted by Crippen LogP contribution is -2.49. The average Bonchev–Trinajstić information content (AvgIpc) is 2.45. The maximum absolute atomic E-state index is 12.1. The van der Waals surface area contributed by atoms with Gasteiger partial charge in [-0.05, 0) is 33.6 Å². The highest BCUT2D eigenvalue weighted by Crippen LogP contribution is 2.24. The van der Waals surface area contributed by atoms with Crippen LogP contribution in [0.15, 0.2) is 4.99 Å². The summed E-state index contributed by atoms with van der Waals surface area (Å²) in [6.07, 6.45) is 0. The fraction of sp³-hybridized carbons (Fsp3) is 0.938. The van der Waals surface area contributed by atoms with Gasteiger partial charge in [0.15, 0.2) is 5.96 Å². The van der Waals surface area contributed by atoms with E-state index in [-0.39, 0.29) is 4.75 Å². The highest BCUT2D eigenvalue weighted by Gasteiger charge is 2.25. The predicted octanol–water partition coefficient (Wildman–Crippen LogP) is 2.57. The number of nitrogens with one attached hydrogen (secondary N) is 1. The van der Waals surface area contributed by atoms with Crippen LogP contribution >= 0.6 is 11.8 Å². The predicted molar refractivity (Wildman–Crippen MR) is 101 cm³/mol. The average molecular weight is 348 g/mol. The van der Waals surface area contributed by atoms with Gasteiger partial charge in [0.2, 0.25) is 0 Å². The van der Waals surface area contributed by atoms with Gasteiger partial charge in [0, 0.05) is 51.9 Å². The Morgan fingerprint density at radius 1 is 1.45 bits per heavy atom. The molecule has 0 bridgehead atoms. The third-order valence-electron chi connectivity index (χ3n) is 3.69. The summed E-state index contributed by atoms with van der Waals surface area (Å²) in [6, 6.07) is 0. The lowest BCUT2D eigenvalue weighted by atomic mass is 10.1. The monoisotopic (exact) mass is 347 g/mol. The summed E-state index contributed by atoms with van der Waals surface area (Å²) in [7, 11) is -0.834. The van der Waals surface area contributed by atoms with Crippen LogP contribution in [0.5, 0.6) is 0 Å². The molecule has 2 unspecified atom stereocenters. The molecule has 1 fully saturated rings. The molecule has 1 saturated heterocycles. The molecule has 0 saturated carbocycles. The molecule has 130 valence electrons. The van der Waals surface area contributed by atoms with Gasteiger partial charge in [-0.25, -0.2) is 0 Å². The van der Waals surface area contributed by atoms with Gasteiger partial charge in [-0.1, -0.05) is 13.8 Å². The molecule has 1 heterocycles. The minimum absolute atomic E-state index is 0.154. The summed E-state index contributed by atoms with van der Waals surface area (Å²) >= 11 is 2.07. The lowest BCUT2D eigenvalue weighted by molar-refractivity contribution is 0.381. The second-order valence-corrected chi connectivity index (χ2v) is 10.7. The van der Waals surface area contributed by atoms with Gasteiger partial charge < -0.3 is 10.2 Å². The van der Waals surface area contributed by atoms with Crippen LogP contribution in [0.3, 0.4) is 0 Å². The molecule has 0 aromatic carbocycles. The van der Waals surface area contributed by atoms with Crippen molar-refractivity contribution < 1.29 is 4.21 Å². The molecule has 1 aliphatic heterocycles. The number of hydrogen-bond acceptors (Lipinski definition) is 3. The van der Waals surface area contributed by atoms with Crippen molar-refractivity contribution in [2.75, 3.05) is 37.7 Å². The first-order chi connectivity index (χ1) is 10.3. The highest BCUT2D eigenvalue weighted by molar-refractivity contribution is 8.00. The van der Waals surface area contributed by atoms with E-state index < -0.39 is 10.8 Å². The second-order valence-electron chi connectivity index (χ2n) is 7.00. The molecule has 1 N–H and O–H groups in total. The third kappa shape index (κ3) is 6.49. The van der Waals surface area contributed by atoms with E-state index in [2.05, 4.69) is 42.7 Å². The normalized spacial score (nSPS) is 22.0. The fourth-order valence-electron chi connectivity index (χ4n) is 2.24.